The first-order chi connectivity index (χ1) is 13.4. The molecule has 0 radical (unpaired) electrons. The number of hydrogen-bond acceptors (Lipinski definition) is 5. The van der Waals surface area contributed by atoms with Gasteiger partial charge in [0.1, 0.15) is 5.82 Å². The SMILES string of the molecule is CCOc1ccccc1OC(=O)C1CCCN(c2ncccc2C(F)(F)F)C1. The third-order valence-electron chi connectivity index (χ3n) is 4.51. The van der Waals surface area contributed by atoms with E-state index in [0.29, 0.717) is 37.5 Å². The molecule has 5 nitrogen and oxygen atoms in total. The van der Waals surface area contributed by atoms with Gasteiger partial charge in [0.2, 0.25) is 0 Å². The molecule has 0 aliphatic carbocycles. The Hall–Kier alpha value is -2.77. The summed E-state index contributed by atoms with van der Waals surface area (Å²) in [5.41, 5.74) is -0.800. The number of halogens is 3. The number of ether oxygens (including phenoxy) is 2. The number of esters is 1. The van der Waals surface area contributed by atoms with Gasteiger partial charge in [-0.1, -0.05) is 12.1 Å². The molecule has 8 heteroatoms. The zero-order chi connectivity index (χ0) is 20.1. The molecule has 1 aliphatic rings. The van der Waals surface area contributed by atoms with Crippen molar-refractivity contribution in [2.75, 3.05) is 24.6 Å². The quantitative estimate of drug-likeness (QED) is 0.558. The number of aromatic nitrogens is 1. The van der Waals surface area contributed by atoms with Crippen LogP contribution in [-0.2, 0) is 11.0 Å². The van der Waals surface area contributed by atoms with Gasteiger partial charge in [0.15, 0.2) is 11.5 Å². The van der Waals surface area contributed by atoms with Gasteiger partial charge in [-0.15, -0.1) is 0 Å². The first-order valence-corrected chi connectivity index (χ1v) is 9.10. The molecule has 1 aliphatic heterocycles. The second-order valence-corrected chi connectivity index (χ2v) is 6.46. The van der Waals surface area contributed by atoms with Crippen LogP contribution >= 0.6 is 0 Å². The lowest BCUT2D eigenvalue weighted by Crippen LogP contribution is -2.41. The molecule has 1 fully saturated rings. The van der Waals surface area contributed by atoms with E-state index in [1.54, 1.807) is 24.3 Å². The van der Waals surface area contributed by atoms with Crippen molar-refractivity contribution in [3.8, 4) is 11.5 Å². The van der Waals surface area contributed by atoms with Crippen LogP contribution in [0.25, 0.3) is 0 Å². The summed E-state index contributed by atoms with van der Waals surface area (Å²) in [6, 6.07) is 9.08. The molecule has 0 amide bonds. The van der Waals surface area contributed by atoms with Gasteiger partial charge in [0.05, 0.1) is 18.1 Å². The van der Waals surface area contributed by atoms with E-state index < -0.39 is 23.6 Å². The Balaban J connectivity index is 1.75. The highest BCUT2D eigenvalue weighted by atomic mass is 19.4. The van der Waals surface area contributed by atoms with E-state index >= 15 is 0 Å². The molecule has 0 spiro atoms. The van der Waals surface area contributed by atoms with E-state index in [1.807, 2.05) is 6.92 Å². The van der Waals surface area contributed by atoms with E-state index in [0.717, 1.165) is 6.07 Å². The Bertz CT molecular complexity index is 826. The zero-order valence-electron chi connectivity index (χ0n) is 15.4. The van der Waals surface area contributed by atoms with Crippen LogP contribution in [0.3, 0.4) is 0 Å². The number of piperidine rings is 1. The highest BCUT2D eigenvalue weighted by Gasteiger charge is 2.37. The Labute approximate surface area is 161 Å². The number of pyridine rings is 1. The van der Waals surface area contributed by atoms with Gasteiger partial charge in [0, 0.05) is 19.3 Å². The molecule has 0 N–H and O–H groups in total. The van der Waals surface area contributed by atoms with Crippen molar-refractivity contribution in [1.29, 1.82) is 0 Å². The summed E-state index contributed by atoms with van der Waals surface area (Å²) in [6.45, 7) is 2.77. The molecule has 28 heavy (non-hydrogen) atoms. The van der Waals surface area contributed by atoms with Crippen molar-refractivity contribution in [3.63, 3.8) is 0 Å². The van der Waals surface area contributed by atoms with Crippen LogP contribution in [0.2, 0.25) is 0 Å². The van der Waals surface area contributed by atoms with Gasteiger partial charge in [-0.3, -0.25) is 4.79 Å². The maximum atomic E-state index is 13.3. The molecule has 0 bridgehead atoms. The fourth-order valence-electron chi connectivity index (χ4n) is 3.23. The summed E-state index contributed by atoms with van der Waals surface area (Å²) in [5.74, 6) is -0.425. The van der Waals surface area contributed by atoms with E-state index in [2.05, 4.69) is 4.98 Å². The van der Waals surface area contributed by atoms with Crippen molar-refractivity contribution in [2.24, 2.45) is 5.92 Å². The topological polar surface area (TPSA) is 51.7 Å². The first-order valence-electron chi connectivity index (χ1n) is 9.10. The van der Waals surface area contributed by atoms with Gasteiger partial charge in [0.25, 0.3) is 0 Å². The molecule has 1 aromatic heterocycles. The van der Waals surface area contributed by atoms with Crippen LogP contribution in [0.4, 0.5) is 19.0 Å². The lowest BCUT2D eigenvalue weighted by molar-refractivity contribution is -0.139. The molecule has 2 heterocycles. The lowest BCUT2D eigenvalue weighted by Gasteiger charge is -2.33. The van der Waals surface area contributed by atoms with Crippen molar-refractivity contribution >= 4 is 11.8 Å². The fraction of sp³-hybridized carbons (Fsp3) is 0.400. The second-order valence-electron chi connectivity index (χ2n) is 6.46. The molecule has 0 saturated carbocycles. The highest BCUT2D eigenvalue weighted by Crippen LogP contribution is 2.37. The Kier molecular flexibility index (Phi) is 6.06. The zero-order valence-corrected chi connectivity index (χ0v) is 15.4. The minimum atomic E-state index is -4.51. The van der Waals surface area contributed by atoms with Gasteiger partial charge >= 0.3 is 12.1 Å². The van der Waals surface area contributed by atoms with Gasteiger partial charge in [-0.25, -0.2) is 4.98 Å². The summed E-state index contributed by atoms with van der Waals surface area (Å²) >= 11 is 0. The van der Waals surface area contributed by atoms with Crippen LogP contribution in [0.15, 0.2) is 42.6 Å². The van der Waals surface area contributed by atoms with Crippen molar-refractivity contribution < 1.29 is 27.4 Å². The largest absolute Gasteiger partial charge is 0.490 e. The fourth-order valence-corrected chi connectivity index (χ4v) is 3.23. The Morgan fingerprint density at radius 3 is 2.68 bits per heavy atom. The molecule has 1 unspecified atom stereocenters. The number of hydrogen-bond donors (Lipinski definition) is 0. The second kappa shape index (κ2) is 8.50. The van der Waals surface area contributed by atoms with E-state index in [9.17, 15) is 18.0 Å². The average molecular weight is 394 g/mol. The van der Waals surface area contributed by atoms with Crippen LogP contribution in [0.5, 0.6) is 11.5 Å². The Morgan fingerprint density at radius 1 is 1.21 bits per heavy atom. The van der Waals surface area contributed by atoms with E-state index in [-0.39, 0.29) is 12.4 Å². The number of para-hydroxylation sites is 2. The van der Waals surface area contributed by atoms with Gasteiger partial charge < -0.3 is 14.4 Å². The molecular formula is C20H21F3N2O3. The van der Waals surface area contributed by atoms with Crippen molar-refractivity contribution in [3.05, 3.63) is 48.2 Å². The average Bonchev–Trinajstić information content (AvgIpc) is 2.69. The monoisotopic (exact) mass is 394 g/mol. The molecule has 150 valence electrons. The van der Waals surface area contributed by atoms with Gasteiger partial charge in [-0.05, 0) is 44.0 Å². The molecule has 1 aromatic carbocycles. The number of rotatable bonds is 5. The summed E-state index contributed by atoms with van der Waals surface area (Å²) in [7, 11) is 0. The van der Waals surface area contributed by atoms with E-state index in [4.69, 9.17) is 9.47 Å². The van der Waals surface area contributed by atoms with Crippen LogP contribution < -0.4 is 14.4 Å². The number of carbonyl (C=O) groups excluding carboxylic acids is 1. The van der Waals surface area contributed by atoms with Crippen molar-refractivity contribution in [1.82, 2.24) is 4.98 Å². The number of anilines is 1. The lowest BCUT2D eigenvalue weighted by atomic mass is 9.97. The predicted octanol–water partition coefficient (Wildman–Crippen LogP) is 4.32. The first kappa shape index (κ1) is 20.0. The molecule has 1 atom stereocenters. The predicted molar refractivity (Wildman–Crippen MR) is 97.4 cm³/mol. The summed E-state index contributed by atoms with van der Waals surface area (Å²) < 4.78 is 50.8. The third-order valence-corrected chi connectivity index (χ3v) is 4.51. The normalized spacial score (nSPS) is 17.3. The third kappa shape index (κ3) is 4.55. The van der Waals surface area contributed by atoms with Crippen molar-refractivity contribution in [2.45, 2.75) is 25.9 Å². The van der Waals surface area contributed by atoms with Crippen LogP contribution in [0.1, 0.15) is 25.3 Å². The van der Waals surface area contributed by atoms with Crippen LogP contribution in [-0.4, -0.2) is 30.6 Å². The standard InChI is InChI=1S/C20H21F3N2O3/c1-2-27-16-9-3-4-10-17(16)28-19(26)14-7-6-12-25(13-14)18-15(20(21,22)23)8-5-11-24-18/h3-5,8-11,14H,2,6-7,12-13H2,1H3. The van der Waals surface area contributed by atoms with Crippen LogP contribution in [0, 0.1) is 5.92 Å². The molecule has 2 aromatic rings. The minimum Gasteiger partial charge on any atom is -0.490 e. The van der Waals surface area contributed by atoms with E-state index in [1.165, 1.54) is 17.2 Å². The maximum absolute atomic E-state index is 13.3. The number of alkyl halides is 3. The molecular weight excluding hydrogens is 373 g/mol. The number of carbonyl (C=O) groups is 1. The maximum Gasteiger partial charge on any atom is 0.419 e. The smallest absolute Gasteiger partial charge is 0.419 e. The summed E-state index contributed by atoms with van der Waals surface area (Å²) in [4.78, 5) is 18.1. The number of benzene rings is 1. The summed E-state index contributed by atoms with van der Waals surface area (Å²) in [6.07, 6.45) is -2.07. The number of nitrogens with zero attached hydrogens (tertiary/aromatic N) is 2. The Morgan fingerprint density at radius 2 is 1.96 bits per heavy atom. The molecule has 1 saturated heterocycles. The summed E-state index contributed by atoms with van der Waals surface area (Å²) in [5, 5.41) is 0. The highest BCUT2D eigenvalue weighted by molar-refractivity contribution is 5.77. The van der Waals surface area contributed by atoms with Gasteiger partial charge in [-0.2, -0.15) is 13.2 Å². The molecule has 3 rings (SSSR count). The minimum absolute atomic E-state index is 0.121.